The summed E-state index contributed by atoms with van der Waals surface area (Å²) in [7, 11) is 1.48. The second kappa shape index (κ2) is 7.18. The second-order valence-electron chi connectivity index (χ2n) is 6.32. The zero-order chi connectivity index (χ0) is 18.0. The lowest BCUT2D eigenvalue weighted by Gasteiger charge is -2.38. The molecule has 1 heterocycles. The van der Waals surface area contributed by atoms with E-state index in [1.807, 2.05) is 0 Å². The van der Waals surface area contributed by atoms with Gasteiger partial charge in [0.1, 0.15) is 17.3 Å². The molecule has 8 heteroatoms. The molecule has 1 atom stereocenters. The van der Waals surface area contributed by atoms with E-state index in [0.717, 1.165) is 0 Å². The van der Waals surface area contributed by atoms with Crippen molar-refractivity contribution in [3.05, 3.63) is 29.6 Å². The topological polar surface area (TPSA) is 100 Å². The van der Waals surface area contributed by atoms with Crippen LogP contribution in [0.2, 0.25) is 0 Å². The molecule has 1 aromatic carbocycles. The highest BCUT2D eigenvalue weighted by Crippen LogP contribution is 2.41. The number of aliphatic hydroxyl groups is 1. The molecule has 1 aliphatic carbocycles. The summed E-state index contributed by atoms with van der Waals surface area (Å²) < 4.78 is 19.1. The van der Waals surface area contributed by atoms with Crippen molar-refractivity contribution in [1.82, 2.24) is 10.7 Å². The molecule has 3 rings (SSSR count). The van der Waals surface area contributed by atoms with E-state index >= 15 is 0 Å². The first-order valence-corrected chi connectivity index (χ1v) is 8.15. The van der Waals surface area contributed by atoms with Crippen molar-refractivity contribution in [3.8, 4) is 5.75 Å². The number of halogens is 1. The van der Waals surface area contributed by atoms with Gasteiger partial charge in [-0.1, -0.05) is 0 Å². The molecular formula is C17H20FN3O4. The van der Waals surface area contributed by atoms with Crippen LogP contribution in [-0.4, -0.2) is 35.8 Å². The number of benzene rings is 1. The number of carbonyl (C=O) groups excluding carboxylic acids is 2. The third-order valence-corrected chi connectivity index (χ3v) is 4.60. The van der Waals surface area contributed by atoms with E-state index in [4.69, 9.17) is 4.74 Å². The molecule has 1 saturated carbocycles. The number of aliphatic hydroxyl groups excluding tert-OH is 1. The maximum absolute atomic E-state index is 13.8. The Morgan fingerprint density at radius 2 is 2.20 bits per heavy atom. The molecule has 0 aromatic heterocycles. The van der Waals surface area contributed by atoms with Crippen LogP contribution in [-0.2, 0) is 9.59 Å². The van der Waals surface area contributed by atoms with Crippen molar-refractivity contribution in [1.29, 1.82) is 0 Å². The van der Waals surface area contributed by atoms with E-state index in [2.05, 4.69) is 15.8 Å². The number of methoxy groups -OCH3 is 1. The molecule has 1 aromatic rings. The highest BCUT2D eigenvalue weighted by Gasteiger charge is 2.37. The van der Waals surface area contributed by atoms with Gasteiger partial charge in [-0.2, -0.15) is 5.10 Å². The molecule has 7 nitrogen and oxygen atoms in total. The number of amides is 2. The number of hydrazone groups is 1. The van der Waals surface area contributed by atoms with Crippen LogP contribution in [0.5, 0.6) is 5.75 Å². The Morgan fingerprint density at radius 3 is 2.80 bits per heavy atom. The predicted octanol–water partition coefficient (Wildman–Crippen LogP) is 1.03. The summed E-state index contributed by atoms with van der Waals surface area (Å²) in [6.45, 7) is 0. The fraction of sp³-hybridized carbons (Fsp3) is 0.471. The standard InChI is InChI=1S/C17H20FN3O4/c1-25-14-4-2-10(18)8-12(14)16(9-6-11(22)7-9)19-17(24)13-3-5-15(23)21-20-13/h2,4,8-9,11,16,22H,3,5-7H2,1H3,(H,19,24)(H,21,23). The number of ether oxygens (including phenoxy) is 1. The highest BCUT2D eigenvalue weighted by atomic mass is 19.1. The van der Waals surface area contributed by atoms with Crippen LogP contribution in [0.25, 0.3) is 0 Å². The van der Waals surface area contributed by atoms with E-state index in [-0.39, 0.29) is 30.4 Å². The zero-order valence-electron chi connectivity index (χ0n) is 13.8. The summed E-state index contributed by atoms with van der Waals surface area (Å²) in [5.74, 6) is -0.655. The summed E-state index contributed by atoms with van der Waals surface area (Å²) >= 11 is 0. The molecule has 134 valence electrons. The van der Waals surface area contributed by atoms with Crippen LogP contribution in [0.15, 0.2) is 23.3 Å². The Kier molecular flexibility index (Phi) is 4.98. The number of hydrogen-bond donors (Lipinski definition) is 3. The Morgan fingerprint density at radius 1 is 1.44 bits per heavy atom. The number of nitrogens with one attached hydrogen (secondary N) is 2. The predicted molar refractivity (Wildman–Crippen MR) is 87.4 cm³/mol. The first-order chi connectivity index (χ1) is 12.0. The van der Waals surface area contributed by atoms with Gasteiger partial charge in [-0.05, 0) is 37.0 Å². The molecular weight excluding hydrogens is 329 g/mol. The number of nitrogens with zero attached hydrogens (tertiary/aromatic N) is 1. The summed E-state index contributed by atoms with van der Waals surface area (Å²) in [5.41, 5.74) is 3.03. The van der Waals surface area contributed by atoms with Gasteiger partial charge >= 0.3 is 0 Å². The van der Waals surface area contributed by atoms with Crippen LogP contribution in [0.1, 0.15) is 37.3 Å². The SMILES string of the molecule is COc1ccc(F)cc1C(NC(=O)C1=NNC(=O)CC1)C1CC(O)C1. The quantitative estimate of drug-likeness (QED) is 0.739. The van der Waals surface area contributed by atoms with E-state index in [1.54, 1.807) is 0 Å². The largest absolute Gasteiger partial charge is 0.496 e. The molecule has 1 fully saturated rings. The molecule has 2 amide bonds. The van der Waals surface area contributed by atoms with Crippen molar-refractivity contribution in [2.45, 2.75) is 37.8 Å². The van der Waals surface area contributed by atoms with Crippen LogP contribution in [0.3, 0.4) is 0 Å². The van der Waals surface area contributed by atoms with Gasteiger partial charge in [-0.25, -0.2) is 9.82 Å². The van der Waals surface area contributed by atoms with Crippen LogP contribution in [0.4, 0.5) is 4.39 Å². The first kappa shape index (κ1) is 17.3. The van der Waals surface area contributed by atoms with Gasteiger partial charge in [0, 0.05) is 18.4 Å². The number of hydrogen-bond acceptors (Lipinski definition) is 5. The van der Waals surface area contributed by atoms with Crippen molar-refractivity contribution in [2.24, 2.45) is 11.0 Å². The maximum atomic E-state index is 13.8. The first-order valence-electron chi connectivity index (χ1n) is 8.15. The lowest BCUT2D eigenvalue weighted by Crippen LogP contribution is -2.45. The minimum absolute atomic E-state index is 0.0339. The van der Waals surface area contributed by atoms with Crippen molar-refractivity contribution >= 4 is 17.5 Å². The summed E-state index contributed by atoms with van der Waals surface area (Å²) in [5, 5.41) is 16.3. The number of carbonyl (C=O) groups is 2. The number of rotatable bonds is 5. The second-order valence-corrected chi connectivity index (χ2v) is 6.32. The average Bonchev–Trinajstić information content (AvgIpc) is 2.57. The maximum Gasteiger partial charge on any atom is 0.267 e. The Bertz CT molecular complexity index is 716. The van der Waals surface area contributed by atoms with Crippen molar-refractivity contribution in [3.63, 3.8) is 0 Å². The van der Waals surface area contributed by atoms with Crippen LogP contribution in [0, 0.1) is 11.7 Å². The van der Waals surface area contributed by atoms with E-state index in [9.17, 15) is 19.1 Å². The molecule has 25 heavy (non-hydrogen) atoms. The third kappa shape index (κ3) is 3.79. The normalized spacial score (nSPS) is 23.8. The molecule has 0 bridgehead atoms. The Hall–Kier alpha value is -2.48. The highest BCUT2D eigenvalue weighted by molar-refractivity contribution is 6.39. The fourth-order valence-corrected chi connectivity index (χ4v) is 3.16. The molecule has 0 spiro atoms. The average molecular weight is 349 g/mol. The van der Waals surface area contributed by atoms with Gasteiger partial charge in [0.2, 0.25) is 5.91 Å². The van der Waals surface area contributed by atoms with E-state index < -0.39 is 23.9 Å². The minimum Gasteiger partial charge on any atom is -0.496 e. The summed E-state index contributed by atoms with van der Waals surface area (Å²) in [4.78, 5) is 23.7. The minimum atomic E-state index is -0.512. The third-order valence-electron chi connectivity index (χ3n) is 4.60. The van der Waals surface area contributed by atoms with Gasteiger partial charge in [0.25, 0.3) is 5.91 Å². The van der Waals surface area contributed by atoms with Crippen LogP contribution < -0.4 is 15.5 Å². The Labute approximate surface area is 144 Å². The molecule has 1 aliphatic heterocycles. The zero-order valence-corrected chi connectivity index (χ0v) is 13.8. The molecule has 2 aliphatic rings. The molecule has 1 unspecified atom stereocenters. The fourth-order valence-electron chi connectivity index (χ4n) is 3.16. The van der Waals surface area contributed by atoms with Crippen LogP contribution >= 0.6 is 0 Å². The van der Waals surface area contributed by atoms with E-state index in [1.165, 1.54) is 25.3 Å². The van der Waals surface area contributed by atoms with Gasteiger partial charge in [0.05, 0.1) is 19.3 Å². The smallest absolute Gasteiger partial charge is 0.267 e. The lowest BCUT2D eigenvalue weighted by molar-refractivity contribution is -0.121. The van der Waals surface area contributed by atoms with Gasteiger partial charge in [-0.15, -0.1) is 0 Å². The van der Waals surface area contributed by atoms with E-state index in [0.29, 0.717) is 24.2 Å². The van der Waals surface area contributed by atoms with Crippen molar-refractivity contribution < 1.29 is 23.8 Å². The van der Waals surface area contributed by atoms with Gasteiger partial charge in [0.15, 0.2) is 0 Å². The summed E-state index contributed by atoms with van der Waals surface area (Å²) in [6, 6.07) is 3.62. The lowest BCUT2D eigenvalue weighted by atomic mass is 9.74. The molecule has 3 N–H and O–H groups in total. The van der Waals surface area contributed by atoms with Gasteiger partial charge in [-0.3, -0.25) is 9.59 Å². The summed E-state index contributed by atoms with van der Waals surface area (Å²) in [6.07, 6.45) is 1.04. The molecule has 0 saturated heterocycles. The Balaban J connectivity index is 1.84. The molecule has 0 radical (unpaired) electrons. The van der Waals surface area contributed by atoms with Gasteiger partial charge < -0.3 is 15.2 Å². The van der Waals surface area contributed by atoms with Crippen molar-refractivity contribution in [2.75, 3.05) is 7.11 Å². The monoisotopic (exact) mass is 349 g/mol.